The van der Waals surface area contributed by atoms with Crippen molar-refractivity contribution in [3.8, 4) is 0 Å². The SMILES string of the molecule is O=S(=O)(c1nc2cccnc2o1)C(F)(F)F. The number of hydrogen-bond donors (Lipinski definition) is 0. The Hall–Kier alpha value is -1.64. The summed E-state index contributed by atoms with van der Waals surface area (Å²) in [6.07, 6.45) is 1.25. The molecule has 2 aromatic rings. The fraction of sp³-hybridized carbons (Fsp3) is 0.143. The number of hydrogen-bond acceptors (Lipinski definition) is 5. The fourth-order valence-electron chi connectivity index (χ4n) is 0.964. The van der Waals surface area contributed by atoms with Gasteiger partial charge in [-0.2, -0.15) is 18.2 Å². The summed E-state index contributed by atoms with van der Waals surface area (Å²) in [6, 6.07) is 2.69. The van der Waals surface area contributed by atoms with Crippen molar-refractivity contribution in [3.63, 3.8) is 0 Å². The quantitative estimate of drug-likeness (QED) is 0.769. The summed E-state index contributed by atoms with van der Waals surface area (Å²) in [5.74, 6) is 0. The van der Waals surface area contributed by atoms with Gasteiger partial charge >= 0.3 is 20.6 Å². The number of nitrogens with zero attached hydrogens (tertiary/aromatic N) is 2. The molecule has 0 unspecified atom stereocenters. The summed E-state index contributed by atoms with van der Waals surface area (Å²) in [5, 5.41) is -1.39. The minimum atomic E-state index is -5.56. The molecular formula is C7H3F3N2O3S. The molecule has 0 spiro atoms. The molecule has 9 heteroatoms. The normalized spacial score (nSPS) is 13.2. The maximum atomic E-state index is 12.1. The fourth-order valence-corrected chi connectivity index (χ4v) is 1.57. The molecule has 86 valence electrons. The van der Waals surface area contributed by atoms with Crippen LogP contribution in [0.5, 0.6) is 0 Å². The molecule has 0 radical (unpaired) electrons. The van der Waals surface area contributed by atoms with Crippen LogP contribution >= 0.6 is 0 Å². The van der Waals surface area contributed by atoms with Crippen LogP contribution in [0, 0.1) is 0 Å². The zero-order chi connectivity index (χ0) is 12.0. The van der Waals surface area contributed by atoms with Crippen LogP contribution in [0.25, 0.3) is 11.2 Å². The maximum Gasteiger partial charge on any atom is 0.506 e. The zero-order valence-corrected chi connectivity index (χ0v) is 8.21. The van der Waals surface area contributed by atoms with Gasteiger partial charge in [0.05, 0.1) is 0 Å². The van der Waals surface area contributed by atoms with Crippen LogP contribution in [0.3, 0.4) is 0 Å². The predicted octanol–water partition coefficient (Wildman–Crippen LogP) is 1.52. The van der Waals surface area contributed by atoms with Gasteiger partial charge in [0, 0.05) is 6.20 Å². The Bertz CT molecular complexity index is 599. The van der Waals surface area contributed by atoms with E-state index in [-0.39, 0.29) is 11.2 Å². The van der Waals surface area contributed by atoms with E-state index in [0.29, 0.717) is 0 Å². The zero-order valence-electron chi connectivity index (χ0n) is 7.39. The first-order chi connectivity index (χ1) is 7.32. The van der Waals surface area contributed by atoms with E-state index < -0.39 is 20.6 Å². The lowest BCUT2D eigenvalue weighted by molar-refractivity contribution is -0.0449. The Kier molecular flexibility index (Phi) is 2.15. The van der Waals surface area contributed by atoms with E-state index >= 15 is 0 Å². The second-order valence-electron chi connectivity index (χ2n) is 2.76. The van der Waals surface area contributed by atoms with E-state index in [9.17, 15) is 21.6 Å². The van der Waals surface area contributed by atoms with Crippen LogP contribution < -0.4 is 0 Å². The highest BCUT2D eigenvalue weighted by Crippen LogP contribution is 2.30. The molecule has 0 N–H and O–H groups in total. The van der Waals surface area contributed by atoms with Crippen LogP contribution in [0.15, 0.2) is 28.0 Å². The molecule has 5 nitrogen and oxygen atoms in total. The third-order valence-corrected chi connectivity index (χ3v) is 2.93. The summed E-state index contributed by atoms with van der Waals surface area (Å²) in [4.78, 5) is 6.75. The summed E-state index contributed by atoms with van der Waals surface area (Å²) in [5.41, 5.74) is -5.75. The van der Waals surface area contributed by atoms with Gasteiger partial charge in [0.2, 0.25) is 5.71 Å². The molecule has 0 amide bonds. The summed E-state index contributed by atoms with van der Waals surface area (Å²) < 4.78 is 62.7. The van der Waals surface area contributed by atoms with Crippen molar-refractivity contribution in [3.05, 3.63) is 18.3 Å². The number of sulfone groups is 1. The highest BCUT2D eigenvalue weighted by molar-refractivity contribution is 7.92. The van der Waals surface area contributed by atoms with Gasteiger partial charge in [-0.05, 0) is 12.1 Å². The first-order valence-corrected chi connectivity index (χ1v) is 5.33. The molecule has 16 heavy (non-hydrogen) atoms. The number of pyridine rings is 1. The molecule has 0 aliphatic rings. The average Bonchev–Trinajstić information content (AvgIpc) is 2.59. The summed E-state index contributed by atoms with van der Waals surface area (Å²) in [7, 11) is -5.56. The van der Waals surface area contributed by atoms with Crippen molar-refractivity contribution in [1.82, 2.24) is 9.97 Å². The average molecular weight is 252 g/mol. The molecule has 0 aliphatic carbocycles. The van der Waals surface area contributed by atoms with Gasteiger partial charge in [-0.25, -0.2) is 13.4 Å². The number of fused-ring (bicyclic) bond motifs is 1. The monoisotopic (exact) mass is 252 g/mol. The van der Waals surface area contributed by atoms with Gasteiger partial charge in [0.1, 0.15) is 5.52 Å². The molecule has 2 heterocycles. The minimum Gasteiger partial charge on any atom is -0.409 e. The molecule has 0 fully saturated rings. The Balaban J connectivity index is 2.66. The van der Waals surface area contributed by atoms with E-state index in [2.05, 4.69) is 14.4 Å². The standard InChI is InChI=1S/C7H3F3N2O3S/c8-7(9,10)16(13,14)6-12-4-2-1-3-11-5(4)15-6/h1-3H. The second kappa shape index (κ2) is 3.17. The lowest BCUT2D eigenvalue weighted by Crippen LogP contribution is -2.23. The maximum absolute atomic E-state index is 12.1. The van der Waals surface area contributed by atoms with Crippen LogP contribution in [-0.2, 0) is 9.84 Å². The highest BCUT2D eigenvalue weighted by Gasteiger charge is 2.50. The van der Waals surface area contributed by atoms with E-state index in [1.807, 2.05) is 0 Å². The summed E-state index contributed by atoms with van der Waals surface area (Å²) in [6.45, 7) is 0. The Morgan fingerprint density at radius 3 is 2.56 bits per heavy atom. The van der Waals surface area contributed by atoms with Crippen LogP contribution in [0.1, 0.15) is 0 Å². The van der Waals surface area contributed by atoms with E-state index in [1.54, 1.807) is 0 Å². The van der Waals surface area contributed by atoms with Gasteiger partial charge in [-0.1, -0.05) is 0 Å². The van der Waals surface area contributed by atoms with Crippen molar-refractivity contribution in [2.45, 2.75) is 10.7 Å². The van der Waals surface area contributed by atoms with Gasteiger partial charge in [0.25, 0.3) is 0 Å². The van der Waals surface area contributed by atoms with Gasteiger partial charge < -0.3 is 4.42 Å². The summed E-state index contributed by atoms with van der Waals surface area (Å²) >= 11 is 0. The highest BCUT2D eigenvalue weighted by atomic mass is 32.2. The van der Waals surface area contributed by atoms with Crippen molar-refractivity contribution in [1.29, 1.82) is 0 Å². The van der Waals surface area contributed by atoms with E-state index in [4.69, 9.17) is 0 Å². The van der Waals surface area contributed by atoms with Crippen molar-refractivity contribution >= 4 is 21.1 Å². The molecule has 0 saturated carbocycles. The number of oxazole rings is 1. The molecule has 2 rings (SSSR count). The van der Waals surface area contributed by atoms with E-state index in [1.165, 1.54) is 18.3 Å². The van der Waals surface area contributed by atoms with Gasteiger partial charge in [-0.3, -0.25) is 0 Å². The Morgan fingerprint density at radius 1 is 1.31 bits per heavy atom. The smallest absolute Gasteiger partial charge is 0.409 e. The van der Waals surface area contributed by atoms with Crippen molar-refractivity contribution in [2.24, 2.45) is 0 Å². The number of halogens is 3. The third kappa shape index (κ3) is 1.52. The molecular weight excluding hydrogens is 249 g/mol. The predicted molar refractivity (Wildman–Crippen MR) is 45.0 cm³/mol. The first-order valence-electron chi connectivity index (χ1n) is 3.85. The van der Waals surface area contributed by atoms with Gasteiger partial charge in [0.15, 0.2) is 0 Å². The molecule has 0 aliphatic heterocycles. The second-order valence-corrected chi connectivity index (χ2v) is 4.58. The topological polar surface area (TPSA) is 73.1 Å². The Labute approximate surface area is 86.8 Å². The molecule has 0 atom stereocenters. The van der Waals surface area contributed by atoms with E-state index in [0.717, 1.165) is 0 Å². The lowest BCUT2D eigenvalue weighted by atomic mass is 10.5. The first kappa shape index (κ1) is 10.9. The number of aromatic nitrogens is 2. The largest absolute Gasteiger partial charge is 0.506 e. The molecule has 2 aromatic heterocycles. The number of rotatable bonds is 1. The third-order valence-electron chi connectivity index (χ3n) is 1.68. The van der Waals surface area contributed by atoms with Crippen molar-refractivity contribution in [2.75, 3.05) is 0 Å². The van der Waals surface area contributed by atoms with Crippen LogP contribution in [0.4, 0.5) is 13.2 Å². The van der Waals surface area contributed by atoms with Crippen molar-refractivity contribution < 1.29 is 26.0 Å². The minimum absolute atomic E-state index is 0.0506. The number of alkyl halides is 3. The van der Waals surface area contributed by atoms with Crippen LogP contribution in [0.2, 0.25) is 0 Å². The molecule has 0 aromatic carbocycles. The van der Waals surface area contributed by atoms with Gasteiger partial charge in [-0.15, -0.1) is 0 Å². The molecule has 0 saturated heterocycles. The Morgan fingerprint density at radius 2 is 2.00 bits per heavy atom. The molecule has 0 bridgehead atoms. The lowest BCUT2D eigenvalue weighted by Gasteiger charge is -2.02. The van der Waals surface area contributed by atoms with Crippen LogP contribution in [-0.4, -0.2) is 23.9 Å².